The minimum absolute atomic E-state index is 0.0342. The molecule has 0 unspecified atom stereocenters. The molecule has 0 aromatic heterocycles. The number of aryl methyl sites for hydroxylation is 1. The summed E-state index contributed by atoms with van der Waals surface area (Å²) in [5.74, 6) is -0.536. The second-order valence-corrected chi connectivity index (χ2v) is 8.44. The van der Waals surface area contributed by atoms with E-state index in [2.05, 4.69) is 6.92 Å². The Hall–Kier alpha value is -2.66. The summed E-state index contributed by atoms with van der Waals surface area (Å²) in [4.78, 5) is 28.3. The van der Waals surface area contributed by atoms with Crippen LogP contribution in [0.3, 0.4) is 0 Å². The second kappa shape index (κ2) is 10.3. The van der Waals surface area contributed by atoms with Crippen LogP contribution in [-0.2, 0) is 20.7 Å². The van der Waals surface area contributed by atoms with Crippen molar-refractivity contribution in [3.8, 4) is 11.5 Å². The number of methoxy groups -OCH3 is 1. The van der Waals surface area contributed by atoms with Crippen molar-refractivity contribution in [2.24, 2.45) is 0 Å². The van der Waals surface area contributed by atoms with Crippen molar-refractivity contribution in [2.75, 3.05) is 25.2 Å². The molecule has 32 heavy (non-hydrogen) atoms. The Morgan fingerprint density at radius 2 is 1.91 bits per heavy atom. The van der Waals surface area contributed by atoms with E-state index in [1.54, 1.807) is 18.2 Å². The molecule has 3 rings (SSSR count). The number of benzene rings is 2. The Balaban J connectivity index is 2.07. The van der Waals surface area contributed by atoms with E-state index < -0.39 is 5.97 Å². The standard InChI is InChI=1S/C23H23IN2O5S/c1-4-14-6-8-16(9-7-14)26-22(29)18(25(23(26)32)13-20(27)30-3)11-15-10-17(24)21(28)19(12-15)31-5-2/h6-12,28H,4-5,13H2,1-3H3/b18-11-. The average molecular weight is 566 g/mol. The molecule has 0 atom stereocenters. The molecule has 1 heterocycles. The van der Waals surface area contributed by atoms with Gasteiger partial charge in [0, 0.05) is 0 Å². The van der Waals surface area contributed by atoms with Gasteiger partial charge in [0.2, 0.25) is 0 Å². The Morgan fingerprint density at radius 3 is 2.50 bits per heavy atom. The zero-order chi connectivity index (χ0) is 23.4. The summed E-state index contributed by atoms with van der Waals surface area (Å²) in [6.07, 6.45) is 2.50. The molecule has 7 nitrogen and oxygen atoms in total. The van der Waals surface area contributed by atoms with E-state index in [1.807, 2.05) is 53.8 Å². The van der Waals surface area contributed by atoms with Gasteiger partial charge in [-0.3, -0.25) is 14.5 Å². The summed E-state index contributed by atoms with van der Waals surface area (Å²) in [6.45, 7) is 4.04. The molecule has 168 valence electrons. The third kappa shape index (κ3) is 4.88. The number of esters is 1. The molecule has 2 aromatic rings. The van der Waals surface area contributed by atoms with Gasteiger partial charge in [-0.15, -0.1) is 0 Å². The number of hydrogen-bond acceptors (Lipinski definition) is 6. The van der Waals surface area contributed by atoms with E-state index in [-0.39, 0.29) is 29.0 Å². The van der Waals surface area contributed by atoms with Gasteiger partial charge in [-0.1, -0.05) is 19.1 Å². The lowest BCUT2D eigenvalue weighted by Gasteiger charge is -2.19. The fraction of sp³-hybridized carbons (Fsp3) is 0.261. The lowest BCUT2D eigenvalue weighted by molar-refractivity contribution is -0.140. The number of nitrogens with zero attached hydrogens (tertiary/aromatic N) is 2. The zero-order valence-corrected chi connectivity index (χ0v) is 20.9. The molecule has 0 radical (unpaired) electrons. The first-order chi connectivity index (χ1) is 15.3. The summed E-state index contributed by atoms with van der Waals surface area (Å²) in [5.41, 5.74) is 2.60. The molecule has 0 bridgehead atoms. The van der Waals surface area contributed by atoms with Crippen LogP contribution in [0.2, 0.25) is 0 Å². The number of rotatable bonds is 7. The third-order valence-electron chi connectivity index (χ3n) is 4.91. The second-order valence-electron chi connectivity index (χ2n) is 6.92. The van der Waals surface area contributed by atoms with Crippen molar-refractivity contribution in [1.82, 2.24) is 4.90 Å². The highest BCUT2D eigenvalue weighted by Gasteiger charge is 2.40. The van der Waals surface area contributed by atoms with Gasteiger partial charge in [-0.2, -0.15) is 0 Å². The van der Waals surface area contributed by atoms with Crippen LogP contribution in [0.4, 0.5) is 5.69 Å². The highest BCUT2D eigenvalue weighted by Crippen LogP contribution is 2.35. The predicted octanol–water partition coefficient (Wildman–Crippen LogP) is 4.11. The van der Waals surface area contributed by atoms with Gasteiger partial charge in [0.25, 0.3) is 5.91 Å². The van der Waals surface area contributed by atoms with E-state index in [0.717, 1.165) is 12.0 Å². The van der Waals surface area contributed by atoms with E-state index in [9.17, 15) is 14.7 Å². The van der Waals surface area contributed by atoms with Gasteiger partial charge in [-0.25, -0.2) is 0 Å². The van der Waals surface area contributed by atoms with Crippen LogP contribution < -0.4 is 9.64 Å². The van der Waals surface area contributed by atoms with Crippen LogP contribution in [0.5, 0.6) is 11.5 Å². The smallest absolute Gasteiger partial charge is 0.325 e. The van der Waals surface area contributed by atoms with Gasteiger partial charge < -0.3 is 19.5 Å². The number of ether oxygens (including phenoxy) is 2. The highest BCUT2D eigenvalue weighted by atomic mass is 127. The van der Waals surface area contributed by atoms with Crippen LogP contribution >= 0.6 is 34.8 Å². The maximum Gasteiger partial charge on any atom is 0.325 e. The minimum atomic E-state index is -0.524. The molecule has 1 N–H and O–H groups in total. The van der Waals surface area contributed by atoms with Crippen molar-refractivity contribution in [3.63, 3.8) is 0 Å². The SMILES string of the molecule is CCOc1cc(/C=C2/C(=O)N(c3ccc(CC)cc3)C(=S)N2CC(=O)OC)cc(I)c1O. The van der Waals surface area contributed by atoms with Crippen molar-refractivity contribution < 1.29 is 24.2 Å². The van der Waals surface area contributed by atoms with Gasteiger partial charge in [0.1, 0.15) is 12.2 Å². The number of aromatic hydroxyl groups is 1. The Kier molecular flexibility index (Phi) is 7.73. The lowest BCUT2D eigenvalue weighted by atomic mass is 10.1. The van der Waals surface area contributed by atoms with Crippen molar-refractivity contribution in [1.29, 1.82) is 0 Å². The first-order valence-corrected chi connectivity index (χ1v) is 11.5. The monoisotopic (exact) mass is 566 g/mol. The number of carbonyl (C=O) groups excluding carboxylic acids is 2. The summed E-state index contributed by atoms with van der Waals surface area (Å²) in [7, 11) is 1.28. The first kappa shape index (κ1) is 24.0. The first-order valence-electron chi connectivity index (χ1n) is 9.99. The topological polar surface area (TPSA) is 79.3 Å². The van der Waals surface area contributed by atoms with E-state index >= 15 is 0 Å². The van der Waals surface area contributed by atoms with Crippen LogP contribution in [0.25, 0.3) is 6.08 Å². The fourth-order valence-corrected chi connectivity index (χ4v) is 4.21. The molecule has 1 fully saturated rings. The van der Waals surface area contributed by atoms with Gasteiger partial charge >= 0.3 is 5.97 Å². The number of amides is 1. The summed E-state index contributed by atoms with van der Waals surface area (Å²) in [6, 6.07) is 10.9. The molecule has 1 aliphatic heterocycles. The van der Waals surface area contributed by atoms with E-state index in [4.69, 9.17) is 21.7 Å². The Morgan fingerprint density at radius 1 is 1.22 bits per heavy atom. The normalized spacial score (nSPS) is 14.9. The average Bonchev–Trinajstić information content (AvgIpc) is 3.01. The highest BCUT2D eigenvalue weighted by molar-refractivity contribution is 14.1. The number of anilines is 1. The van der Waals surface area contributed by atoms with Crippen molar-refractivity contribution in [3.05, 3.63) is 56.8 Å². The largest absolute Gasteiger partial charge is 0.504 e. The van der Waals surface area contributed by atoms with Crippen molar-refractivity contribution in [2.45, 2.75) is 20.3 Å². The number of carbonyl (C=O) groups is 2. The molecular formula is C23H23IN2O5S. The quantitative estimate of drug-likeness (QED) is 0.234. The maximum absolute atomic E-state index is 13.4. The zero-order valence-electron chi connectivity index (χ0n) is 17.9. The van der Waals surface area contributed by atoms with Gasteiger partial charge in [0.05, 0.1) is 23.0 Å². The number of phenols is 1. The number of hydrogen-bond donors (Lipinski definition) is 1. The van der Waals surface area contributed by atoms with Crippen LogP contribution in [0.1, 0.15) is 25.0 Å². The molecule has 1 aliphatic rings. The lowest BCUT2D eigenvalue weighted by Crippen LogP contribution is -2.35. The summed E-state index contributed by atoms with van der Waals surface area (Å²) >= 11 is 7.57. The molecular weight excluding hydrogens is 543 g/mol. The summed E-state index contributed by atoms with van der Waals surface area (Å²) < 4.78 is 10.9. The van der Waals surface area contributed by atoms with E-state index in [0.29, 0.717) is 27.2 Å². The molecule has 1 saturated heterocycles. The Bertz CT molecular complexity index is 1080. The fourth-order valence-electron chi connectivity index (χ4n) is 3.24. The van der Waals surface area contributed by atoms with Crippen LogP contribution in [0, 0.1) is 3.57 Å². The molecule has 2 aromatic carbocycles. The molecule has 0 aliphatic carbocycles. The number of thiocarbonyl (C=S) groups is 1. The van der Waals surface area contributed by atoms with Gasteiger partial charge in [0.15, 0.2) is 16.6 Å². The van der Waals surface area contributed by atoms with Crippen molar-refractivity contribution >= 4 is 63.6 Å². The predicted molar refractivity (Wildman–Crippen MR) is 135 cm³/mol. The minimum Gasteiger partial charge on any atom is -0.504 e. The molecule has 1 amide bonds. The van der Waals surface area contributed by atoms with Gasteiger partial charge in [-0.05, 0) is 89.6 Å². The molecule has 0 saturated carbocycles. The number of phenolic OH excluding ortho intramolecular Hbond substituents is 1. The number of halogens is 1. The third-order valence-corrected chi connectivity index (χ3v) is 6.13. The Labute approximate surface area is 205 Å². The van der Waals surface area contributed by atoms with Crippen LogP contribution in [-0.4, -0.2) is 47.3 Å². The molecule has 9 heteroatoms. The van der Waals surface area contributed by atoms with Crippen LogP contribution in [0.15, 0.2) is 42.1 Å². The maximum atomic E-state index is 13.4. The summed E-state index contributed by atoms with van der Waals surface area (Å²) in [5, 5.41) is 10.4. The van der Waals surface area contributed by atoms with E-state index in [1.165, 1.54) is 16.9 Å². The molecule has 0 spiro atoms.